The highest BCUT2D eigenvalue weighted by molar-refractivity contribution is 7.07. The standard InChI is InChI=1S/C10H17NOS/c1-3-12-9(2)6-11-7-10-4-5-13-8-10/h4-5,8-9,11H,3,6-7H2,1-2H3. The van der Waals surface area contributed by atoms with Gasteiger partial charge in [0.25, 0.3) is 0 Å². The van der Waals surface area contributed by atoms with Gasteiger partial charge in [0.05, 0.1) is 6.10 Å². The third-order valence-corrected chi connectivity index (χ3v) is 2.52. The van der Waals surface area contributed by atoms with E-state index in [4.69, 9.17) is 4.74 Å². The van der Waals surface area contributed by atoms with E-state index in [0.29, 0.717) is 6.10 Å². The first-order chi connectivity index (χ1) is 6.33. The van der Waals surface area contributed by atoms with E-state index >= 15 is 0 Å². The van der Waals surface area contributed by atoms with E-state index < -0.39 is 0 Å². The average Bonchev–Trinajstić information content (AvgIpc) is 2.57. The highest BCUT2D eigenvalue weighted by atomic mass is 32.1. The highest BCUT2D eigenvalue weighted by Crippen LogP contribution is 2.04. The van der Waals surface area contributed by atoms with Gasteiger partial charge < -0.3 is 10.1 Å². The van der Waals surface area contributed by atoms with Crippen LogP contribution in [0.25, 0.3) is 0 Å². The van der Waals surface area contributed by atoms with Crippen LogP contribution in [0, 0.1) is 0 Å². The fourth-order valence-electron chi connectivity index (χ4n) is 1.16. The van der Waals surface area contributed by atoms with E-state index in [9.17, 15) is 0 Å². The van der Waals surface area contributed by atoms with E-state index in [0.717, 1.165) is 19.7 Å². The molecule has 0 spiro atoms. The third kappa shape index (κ3) is 4.41. The van der Waals surface area contributed by atoms with Crippen molar-refractivity contribution in [2.24, 2.45) is 0 Å². The molecule has 13 heavy (non-hydrogen) atoms. The molecule has 0 aromatic carbocycles. The fourth-order valence-corrected chi connectivity index (χ4v) is 1.83. The number of nitrogens with one attached hydrogen (secondary N) is 1. The Morgan fingerprint density at radius 3 is 3.08 bits per heavy atom. The molecular weight excluding hydrogens is 182 g/mol. The summed E-state index contributed by atoms with van der Waals surface area (Å²) < 4.78 is 5.40. The number of rotatable bonds is 6. The van der Waals surface area contributed by atoms with Crippen molar-refractivity contribution in [3.8, 4) is 0 Å². The molecule has 3 heteroatoms. The van der Waals surface area contributed by atoms with Gasteiger partial charge in [-0.05, 0) is 36.2 Å². The van der Waals surface area contributed by atoms with Crippen LogP contribution in [0.2, 0.25) is 0 Å². The van der Waals surface area contributed by atoms with Gasteiger partial charge in [0.2, 0.25) is 0 Å². The van der Waals surface area contributed by atoms with Crippen LogP contribution in [0.5, 0.6) is 0 Å². The molecule has 1 aromatic rings. The predicted octanol–water partition coefficient (Wildman–Crippen LogP) is 2.26. The number of thiophene rings is 1. The van der Waals surface area contributed by atoms with Crippen molar-refractivity contribution in [1.29, 1.82) is 0 Å². The van der Waals surface area contributed by atoms with Crippen LogP contribution in [0.4, 0.5) is 0 Å². The lowest BCUT2D eigenvalue weighted by molar-refractivity contribution is 0.0759. The normalized spacial score (nSPS) is 13.1. The lowest BCUT2D eigenvalue weighted by atomic mass is 10.3. The smallest absolute Gasteiger partial charge is 0.0671 e. The van der Waals surface area contributed by atoms with E-state index in [2.05, 4.69) is 29.1 Å². The molecule has 0 saturated heterocycles. The summed E-state index contributed by atoms with van der Waals surface area (Å²) in [5.41, 5.74) is 1.36. The fraction of sp³-hybridized carbons (Fsp3) is 0.600. The summed E-state index contributed by atoms with van der Waals surface area (Å²) in [4.78, 5) is 0. The van der Waals surface area contributed by atoms with Gasteiger partial charge in [0.15, 0.2) is 0 Å². The van der Waals surface area contributed by atoms with Crippen molar-refractivity contribution < 1.29 is 4.74 Å². The molecule has 2 nitrogen and oxygen atoms in total. The molecule has 0 aliphatic heterocycles. The summed E-state index contributed by atoms with van der Waals surface area (Å²) in [6.07, 6.45) is 0.309. The second-order valence-electron chi connectivity index (χ2n) is 3.03. The van der Waals surface area contributed by atoms with Crippen LogP contribution in [-0.2, 0) is 11.3 Å². The van der Waals surface area contributed by atoms with Gasteiger partial charge in [-0.15, -0.1) is 0 Å². The maximum Gasteiger partial charge on any atom is 0.0671 e. The molecule has 0 amide bonds. The Bertz CT molecular complexity index is 211. The van der Waals surface area contributed by atoms with E-state index in [1.807, 2.05) is 6.92 Å². The molecule has 0 aliphatic carbocycles. The Hall–Kier alpha value is -0.380. The van der Waals surface area contributed by atoms with Gasteiger partial charge >= 0.3 is 0 Å². The Kier molecular flexibility index (Phi) is 5.05. The molecule has 0 radical (unpaired) electrons. The van der Waals surface area contributed by atoms with Crippen molar-refractivity contribution in [2.45, 2.75) is 26.5 Å². The number of hydrogen-bond acceptors (Lipinski definition) is 3. The number of ether oxygens (including phenoxy) is 1. The topological polar surface area (TPSA) is 21.3 Å². The Morgan fingerprint density at radius 2 is 2.46 bits per heavy atom. The quantitative estimate of drug-likeness (QED) is 0.759. The van der Waals surface area contributed by atoms with Crippen molar-refractivity contribution in [1.82, 2.24) is 5.32 Å². The third-order valence-electron chi connectivity index (χ3n) is 1.79. The molecule has 1 unspecified atom stereocenters. The lowest BCUT2D eigenvalue weighted by Crippen LogP contribution is -2.26. The minimum atomic E-state index is 0.309. The molecule has 74 valence electrons. The average molecular weight is 199 g/mol. The SMILES string of the molecule is CCOC(C)CNCc1ccsc1. The molecule has 1 aromatic heterocycles. The van der Waals surface area contributed by atoms with Gasteiger partial charge in [0, 0.05) is 19.7 Å². The summed E-state index contributed by atoms with van der Waals surface area (Å²) in [5.74, 6) is 0. The summed E-state index contributed by atoms with van der Waals surface area (Å²) in [6, 6.07) is 2.14. The maximum absolute atomic E-state index is 5.40. The van der Waals surface area contributed by atoms with E-state index in [-0.39, 0.29) is 0 Å². The summed E-state index contributed by atoms with van der Waals surface area (Å²) in [7, 11) is 0. The summed E-state index contributed by atoms with van der Waals surface area (Å²) in [5, 5.41) is 7.62. The van der Waals surface area contributed by atoms with Crippen LogP contribution in [0.3, 0.4) is 0 Å². The molecule has 0 bridgehead atoms. The van der Waals surface area contributed by atoms with Gasteiger partial charge in [-0.1, -0.05) is 0 Å². The van der Waals surface area contributed by atoms with Crippen LogP contribution >= 0.6 is 11.3 Å². The zero-order chi connectivity index (χ0) is 9.52. The first kappa shape index (κ1) is 10.7. The molecule has 0 saturated carbocycles. The van der Waals surface area contributed by atoms with E-state index in [1.54, 1.807) is 11.3 Å². The van der Waals surface area contributed by atoms with Gasteiger partial charge in [0.1, 0.15) is 0 Å². The second-order valence-corrected chi connectivity index (χ2v) is 3.81. The summed E-state index contributed by atoms with van der Waals surface area (Å²) >= 11 is 1.74. The van der Waals surface area contributed by atoms with E-state index in [1.165, 1.54) is 5.56 Å². The Labute approximate surface area is 83.9 Å². The van der Waals surface area contributed by atoms with Crippen molar-refractivity contribution in [3.05, 3.63) is 22.4 Å². The minimum absolute atomic E-state index is 0.309. The van der Waals surface area contributed by atoms with Crippen molar-refractivity contribution in [2.75, 3.05) is 13.2 Å². The molecule has 1 N–H and O–H groups in total. The van der Waals surface area contributed by atoms with Gasteiger partial charge in [-0.3, -0.25) is 0 Å². The molecule has 0 aliphatic rings. The Morgan fingerprint density at radius 1 is 1.62 bits per heavy atom. The molecule has 1 rings (SSSR count). The summed E-state index contributed by atoms with van der Waals surface area (Å²) in [6.45, 7) is 6.77. The van der Waals surface area contributed by atoms with Crippen molar-refractivity contribution in [3.63, 3.8) is 0 Å². The zero-order valence-electron chi connectivity index (χ0n) is 8.25. The van der Waals surface area contributed by atoms with Crippen molar-refractivity contribution >= 4 is 11.3 Å². The minimum Gasteiger partial charge on any atom is -0.377 e. The number of hydrogen-bond donors (Lipinski definition) is 1. The monoisotopic (exact) mass is 199 g/mol. The maximum atomic E-state index is 5.40. The largest absolute Gasteiger partial charge is 0.377 e. The van der Waals surface area contributed by atoms with Crippen LogP contribution in [0.1, 0.15) is 19.4 Å². The molecule has 1 atom stereocenters. The first-order valence-corrected chi connectivity index (χ1v) is 5.60. The lowest BCUT2D eigenvalue weighted by Gasteiger charge is -2.11. The first-order valence-electron chi connectivity index (χ1n) is 4.66. The van der Waals surface area contributed by atoms with Gasteiger partial charge in [-0.2, -0.15) is 11.3 Å². The zero-order valence-corrected chi connectivity index (χ0v) is 9.06. The molecular formula is C10H17NOS. The second kappa shape index (κ2) is 6.13. The van der Waals surface area contributed by atoms with Gasteiger partial charge in [-0.25, -0.2) is 0 Å². The highest BCUT2D eigenvalue weighted by Gasteiger charge is 1.99. The predicted molar refractivity (Wildman–Crippen MR) is 57.1 cm³/mol. The Balaban J connectivity index is 2.07. The molecule has 1 heterocycles. The van der Waals surface area contributed by atoms with Crippen LogP contribution in [-0.4, -0.2) is 19.3 Å². The van der Waals surface area contributed by atoms with Crippen LogP contribution in [0.15, 0.2) is 16.8 Å². The van der Waals surface area contributed by atoms with Crippen LogP contribution < -0.4 is 5.32 Å². The molecule has 0 fully saturated rings.